The number of rotatable bonds is 6. The van der Waals surface area contributed by atoms with E-state index in [1.54, 1.807) is 18.2 Å². The molecule has 0 radical (unpaired) electrons. The third-order valence-corrected chi connectivity index (χ3v) is 3.40. The second-order valence-corrected chi connectivity index (χ2v) is 4.94. The van der Waals surface area contributed by atoms with Crippen molar-refractivity contribution in [1.29, 1.82) is 0 Å². The number of carbonyl (C=O) groups is 1. The number of hydrogen-bond donors (Lipinski definition) is 1. The van der Waals surface area contributed by atoms with Gasteiger partial charge in [-0.2, -0.15) is 0 Å². The number of ether oxygens (including phenoxy) is 2. The van der Waals surface area contributed by atoms with Gasteiger partial charge in [0.15, 0.2) is 17.3 Å². The molecule has 0 atom stereocenters. The summed E-state index contributed by atoms with van der Waals surface area (Å²) in [5.74, 6) is 0.341. The van der Waals surface area contributed by atoms with Crippen LogP contribution >= 0.6 is 11.6 Å². The molecule has 0 bridgehead atoms. The first-order valence-electron chi connectivity index (χ1n) is 6.69. The zero-order valence-electron chi connectivity index (χ0n) is 12.6. The van der Waals surface area contributed by atoms with Gasteiger partial charge in [-0.05, 0) is 36.4 Å². The first kappa shape index (κ1) is 16.8. The first-order valence-corrected chi connectivity index (χ1v) is 7.07. The van der Waals surface area contributed by atoms with Crippen molar-refractivity contribution >= 4 is 23.1 Å². The van der Waals surface area contributed by atoms with Crippen LogP contribution in [0, 0.1) is 5.82 Å². The molecule has 2 aromatic carbocycles. The molecule has 0 fully saturated rings. The summed E-state index contributed by atoms with van der Waals surface area (Å²) in [5, 5.41) is 3.13. The zero-order chi connectivity index (χ0) is 16.8. The third kappa shape index (κ3) is 4.23. The van der Waals surface area contributed by atoms with Crippen molar-refractivity contribution in [2.75, 3.05) is 19.5 Å². The molecular formula is C17H15ClFNO3. The van der Waals surface area contributed by atoms with Crippen LogP contribution in [-0.2, 0) is 0 Å². The van der Waals surface area contributed by atoms with Crippen molar-refractivity contribution in [2.45, 2.75) is 0 Å². The maximum atomic E-state index is 13.1. The number of benzene rings is 2. The molecule has 0 aliphatic rings. The molecule has 0 aromatic heterocycles. The number of methoxy groups -OCH3 is 2. The Balaban J connectivity index is 2.11. The Bertz CT molecular complexity index is 747. The van der Waals surface area contributed by atoms with Gasteiger partial charge in [0.2, 0.25) is 0 Å². The van der Waals surface area contributed by atoms with Crippen LogP contribution in [0.5, 0.6) is 11.5 Å². The van der Waals surface area contributed by atoms with E-state index in [9.17, 15) is 9.18 Å². The van der Waals surface area contributed by atoms with Gasteiger partial charge in [0.1, 0.15) is 5.82 Å². The standard InChI is InChI=1S/C17H15ClFNO3/c1-22-16-6-3-11(9-17(16)23-2)15(21)7-8-20-14-10-12(19)4-5-13(14)18/h3-10,20H,1-2H3/b8-7+. The summed E-state index contributed by atoms with van der Waals surface area (Å²) in [6.07, 6.45) is 2.72. The van der Waals surface area contributed by atoms with Crippen LogP contribution in [0.2, 0.25) is 5.02 Å². The van der Waals surface area contributed by atoms with Gasteiger partial charge in [-0.25, -0.2) is 4.39 Å². The molecule has 23 heavy (non-hydrogen) atoms. The average molecular weight is 336 g/mol. The lowest BCUT2D eigenvalue weighted by molar-refractivity contribution is 0.104. The molecule has 0 saturated heterocycles. The lowest BCUT2D eigenvalue weighted by Crippen LogP contribution is -1.99. The molecule has 0 heterocycles. The Morgan fingerprint density at radius 2 is 1.87 bits per heavy atom. The molecular weight excluding hydrogens is 321 g/mol. The van der Waals surface area contributed by atoms with Crippen LogP contribution in [-0.4, -0.2) is 20.0 Å². The predicted octanol–water partition coefficient (Wildman–Crippen LogP) is 4.30. The Kier molecular flexibility index (Phi) is 5.60. The highest BCUT2D eigenvalue weighted by Crippen LogP contribution is 2.28. The van der Waals surface area contributed by atoms with Crippen molar-refractivity contribution in [3.05, 3.63) is 65.1 Å². The highest BCUT2D eigenvalue weighted by atomic mass is 35.5. The molecule has 0 spiro atoms. The summed E-state index contributed by atoms with van der Waals surface area (Å²) in [5.41, 5.74) is 0.814. The maximum absolute atomic E-state index is 13.1. The van der Waals surface area contributed by atoms with Crippen molar-refractivity contribution in [3.63, 3.8) is 0 Å². The van der Waals surface area contributed by atoms with E-state index in [0.29, 0.717) is 27.8 Å². The second-order valence-electron chi connectivity index (χ2n) is 4.54. The highest BCUT2D eigenvalue weighted by molar-refractivity contribution is 6.33. The van der Waals surface area contributed by atoms with E-state index in [-0.39, 0.29) is 5.78 Å². The number of anilines is 1. The third-order valence-electron chi connectivity index (χ3n) is 3.07. The Morgan fingerprint density at radius 1 is 1.13 bits per heavy atom. The summed E-state index contributed by atoms with van der Waals surface area (Å²) in [7, 11) is 3.02. The van der Waals surface area contributed by atoms with Gasteiger partial charge in [-0.3, -0.25) is 4.79 Å². The lowest BCUT2D eigenvalue weighted by Gasteiger charge is -2.08. The quantitative estimate of drug-likeness (QED) is 0.631. The fourth-order valence-electron chi connectivity index (χ4n) is 1.90. The van der Waals surface area contributed by atoms with E-state index in [1.807, 2.05) is 0 Å². The molecule has 0 aliphatic heterocycles. The van der Waals surface area contributed by atoms with Crippen LogP contribution in [0.1, 0.15) is 10.4 Å². The van der Waals surface area contributed by atoms with Gasteiger partial charge < -0.3 is 14.8 Å². The van der Waals surface area contributed by atoms with E-state index in [1.165, 1.54) is 44.7 Å². The topological polar surface area (TPSA) is 47.6 Å². The molecule has 0 amide bonds. The minimum absolute atomic E-state index is 0.244. The highest BCUT2D eigenvalue weighted by Gasteiger charge is 2.08. The van der Waals surface area contributed by atoms with Crippen LogP contribution in [0.4, 0.5) is 10.1 Å². The van der Waals surface area contributed by atoms with E-state index in [2.05, 4.69) is 5.32 Å². The maximum Gasteiger partial charge on any atom is 0.187 e. The monoisotopic (exact) mass is 335 g/mol. The largest absolute Gasteiger partial charge is 0.493 e. The number of ketones is 1. The van der Waals surface area contributed by atoms with Crippen LogP contribution < -0.4 is 14.8 Å². The van der Waals surface area contributed by atoms with E-state index >= 15 is 0 Å². The van der Waals surface area contributed by atoms with E-state index < -0.39 is 5.82 Å². The van der Waals surface area contributed by atoms with Crippen molar-refractivity contribution < 1.29 is 18.7 Å². The number of nitrogens with one attached hydrogen (secondary N) is 1. The van der Waals surface area contributed by atoms with Crippen molar-refractivity contribution in [3.8, 4) is 11.5 Å². The first-order chi connectivity index (χ1) is 11.0. The van der Waals surface area contributed by atoms with Gasteiger partial charge in [0.05, 0.1) is 24.9 Å². The number of carbonyl (C=O) groups excluding carboxylic acids is 1. The smallest absolute Gasteiger partial charge is 0.187 e. The van der Waals surface area contributed by atoms with Crippen molar-refractivity contribution in [1.82, 2.24) is 0 Å². The van der Waals surface area contributed by atoms with E-state index in [0.717, 1.165) is 0 Å². The predicted molar refractivity (Wildman–Crippen MR) is 88.0 cm³/mol. The number of halogens is 2. The molecule has 0 saturated carbocycles. The van der Waals surface area contributed by atoms with Crippen LogP contribution in [0.15, 0.2) is 48.7 Å². The summed E-state index contributed by atoms with van der Waals surface area (Å²) < 4.78 is 23.4. The molecule has 2 aromatic rings. The second kappa shape index (κ2) is 7.65. The Hall–Kier alpha value is -2.53. The zero-order valence-corrected chi connectivity index (χ0v) is 13.4. The number of allylic oxidation sites excluding steroid dienone is 1. The van der Waals surface area contributed by atoms with Gasteiger partial charge in [0.25, 0.3) is 0 Å². The SMILES string of the molecule is COc1ccc(C(=O)/C=C/Nc2cc(F)ccc2Cl)cc1OC. The molecule has 0 unspecified atom stereocenters. The van der Waals surface area contributed by atoms with Gasteiger partial charge in [-0.1, -0.05) is 11.6 Å². The molecule has 4 nitrogen and oxygen atoms in total. The summed E-state index contributed by atoms with van der Waals surface area (Å²) >= 11 is 5.92. The van der Waals surface area contributed by atoms with E-state index in [4.69, 9.17) is 21.1 Å². The average Bonchev–Trinajstić information content (AvgIpc) is 2.57. The van der Waals surface area contributed by atoms with Gasteiger partial charge >= 0.3 is 0 Å². The minimum atomic E-state index is -0.420. The fraction of sp³-hybridized carbons (Fsp3) is 0.118. The minimum Gasteiger partial charge on any atom is -0.493 e. The van der Waals surface area contributed by atoms with Crippen LogP contribution in [0.25, 0.3) is 0 Å². The molecule has 2 rings (SSSR count). The fourth-order valence-corrected chi connectivity index (χ4v) is 2.07. The van der Waals surface area contributed by atoms with Gasteiger partial charge in [0, 0.05) is 17.8 Å². The summed E-state index contributed by atoms with van der Waals surface area (Å²) in [6, 6.07) is 8.80. The number of hydrogen-bond acceptors (Lipinski definition) is 4. The summed E-state index contributed by atoms with van der Waals surface area (Å²) in [6.45, 7) is 0. The Labute approximate surface area is 138 Å². The van der Waals surface area contributed by atoms with Crippen molar-refractivity contribution in [2.24, 2.45) is 0 Å². The molecule has 120 valence electrons. The Morgan fingerprint density at radius 3 is 2.57 bits per heavy atom. The molecule has 6 heteroatoms. The van der Waals surface area contributed by atoms with Gasteiger partial charge in [-0.15, -0.1) is 0 Å². The van der Waals surface area contributed by atoms with Crippen LogP contribution in [0.3, 0.4) is 0 Å². The lowest BCUT2D eigenvalue weighted by atomic mass is 10.1. The molecule has 1 N–H and O–H groups in total. The molecule has 0 aliphatic carbocycles. The summed E-state index contributed by atoms with van der Waals surface area (Å²) in [4.78, 5) is 12.1. The normalized spacial score (nSPS) is 10.6.